The highest BCUT2D eigenvalue weighted by Crippen LogP contribution is 2.60. The van der Waals surface area contributed by atoms with Crippen LogP contribution >= 0.6 is 67.8 Å². The molecule has 0 aliphatic heterocycles. The van der Waals surface area contributed by atoms with Gasteiger partial charge in [-0.1, -0.05) is 0 Å². The molecule has 2 atom stereocenters. The number of hydrogen-bond acceptors (Lipinski definition) is 6. The Balaban J connectivity index is 1.38. The number of carbonyl (C=O) groups excluding carboxylic acids is 2. The Labute approximate surface area is 260 Å². The molecule has 4 saturated carbocycles. The van der Waals surface area contributed by atoms with Gasteiger partial charge < -0.3 is 9.47 Å². The molecule has 4 aliphatic rings. The van der Waals surface area contributed by atoms with E-state index < -0.39 is 67.5 Å². The molecule has 4 fully saturated rings. The summed E-state index contributed by atoms with van der Waals surface area (Å²) in [4.78, 5) is 24.1. The molecule has 4 aliphatic carbocycles. The molecule has 0 spiro atoms. The van der Waals surface area contributed by atoms with E-state index in [2.05, 4.69) is 67.8 Å². The van der Waals surface area contributed by atoms with Crippen LogP contribution in [0.5, 0.6) is 5.75 Å². The first-order valence-corrected chi connectivity index (χ1v) is 16.2. The van der Waals surface area contributed by atoms with Crippen LogP contribution in [0, 0.1) is 57.7 Å². The zero-order valence-electron chi connectivity index (χ0n) is 19.5. The van der Waals surface area contributed by atoms with E-state index in [4.69, 9.17) is 14.0 Å². The summed E-state index contributed by atoms with van der Waals surface area (Å²) in [5.74, 6) is -14.1. The van der Waals surface area contributed by atoms with Crippen LogP contribution in [-0.4, -0.2) is 30.5 Å². The van der Waals surface area contributed by atoms with E-state index in [1.807, 2.05) is 6.07 Å². The van der Waals surface area contributed by atoms with E-state index in [1.165, 1.54) is 0 Å². The third kappa shape index (κ3) is 5.31. The van der Waals surface area contributed by atoms with E-state index in [0.717, 1.165) is 10.7 Å². The van der Waals surface area contributed by atoms with E-state index in [9.17, 15) is 35.6 Å². The maximum atomic E-state index is 14.5. The zero-order chi connectivity index (χ0) is 28.6. The molecular weight excluding hydrogens is 889 g/mol. The fourth-order valence-corrected chi connectivity index (χ4v) is 9.50. The second kappa shape index (κ2) is 10.5. The SMILES string of the molecule is O=C(OC12CC3CC(C1)C(C(=O)Oc1c(F)c(F)c(S(=O)(=O)O)c(F)c1F)C(C3)C2)c1cc(I)cc(I)c1I. The number of carbonyl (C=O) groups is 2. The number of esters is 2. The van der Waals surface area contributed by atoms with Gasteiger partial charge >= 0.3 is 22.1 Å². The van der Waals surface area contributed by atoms with Gasteiger partial charge in [-0.2, -0.15) is 17.2 Å². The van der Waals surface area contributed by atoms with Crippen molar-refractivity contribution < 1.29 is 49.6 Å². The van der Waals surface area contributed by atoms with Crippen LogP contribution in [0.2, 0.25) is 0 Å². The Bertz CT molecular complexity index is 1490. The van der Waals surface area contributed by atoms with Crippen molar-refractivity contribution in [3.05, 3.63) is 51.7 Å². The van der Waals surface area contributed by atoms with Crippen LogP contribution in [-0.2, 0) is 19.6 Å². The summed E-state index contributed by atoms with van der Waals surface area (Å²) in [5.41, 5.74) is -0.395. The molecule has 39 heavy (non-hydrogen) atoms. The quantitative estimate of drug-likeness (QED) is 0.0944. The second-order valence-corrected chi connectivity index (χ2v) is 15.0. The molecule has 4 bridgehead atoms. The minimum absolute atomic E-state index is 0.145. The summed E-state index contributed by atoms with van der Waals surface area (Å²) in [6.45, 7) is 0. The molecule has 6 rings (SSSR count). The Kier molecular flexibility index (Phi) is 7.98. The van der Waals surface area contributed by atoms with Crippen molar-refractivity contribution >= 4 is 89.8 Å². The molecular formula is C24H17F4I3O7S. The zero-order valence-corrected chi connectivity index (χ0v) is 26.7. The van der Waals surface area contributed by atoms with Crippen molar-refractivity contribution in [3.8, 4) is 5.75 Å². The number of halogens is 7. The van der Waals surface area contributed by atoms with Gasteiger partial charge in [-0.05, 0) is 130 Å². The second-order valence-electron chi connectivity index (χ2n) is 10.1. The minimum atomic E-state index is -5.65. The molecule has 0 radical (unpaired) electrons. The van der Waals surface area contributed by atoms with E-state index in [1.54, 1.807) is 6.07 Å². The summed E-state index contributed by atoms with van der Waals surface area (Å²) >= 11 is 6.33. The molecule has 2 aromatic carbocycles. The van der Waals surface area contributed by atoms with Crippen LogP contribution in [0.25, 0.3) is 0 Å². The first kappa shape index (κ1) is 29.7. The number of hydrogen-bond donors (Lipinski definition) is 1. The van der Waals surface area contributed by atoms with E-state index >= 15 is 0 Å². The lowest BCUT2D eigenvalue weighted by Gasteiger charge is -2.58. The summed E-state index contributed by atoms with van der Waals surface area (Å²) in [6, 6.07) is 3.67. The van der Waals surface area contributed by atoms with Crippen LogP contribution in [0.1, 0.15) is 42.5 Å². The maximum absolute atomic E-state index is 14.5. The highest BCUT2D eigenvalue weighted by atomic mass is 127. The summed E-state index contributed by atoms with van der Waals surface area (Å²) in [6.07, 6.45) is 2.37. The van der Waals surface area contributed by atoms with Crippen LogP contribution in [0.3, 0.4) is 0 Å². The predicted molar refractivity (Wildman–Crippen MR) is 152 cm³/mol. The molecule has 2 aromatic rings. The first-order chi connectivity index (χ1) is 18.1. The Morgan fingerprint density at radius 2 is 1.49 bits per heavy atom. The minimum Gasteiger partial charge on any atom is -0.455 e. The van der Waals surface area contributed by atoms with Crippen molar-refractivity contribution in [2.24, 2.45) is 23.7 Å². The monoisotopic (exact) mass is 906 g/mol. The standard InChI is InChI=1S/C24H17F4I3O7S/c25-15-17(27)21(39(34,35)36)18(28)16(26)20(15)37-23(33)14-9-1-8-2-10(14)7-24(5-8,6-9)38-22(32)12-3-11(29)4-13(30)19(12)31/h3-4,8-10,14H,1-2,5-7H2,(H,34,35,36). The Morgan fingerprint density at radius 1 is 0.923 bits per heavy atom. The van der Waals surface area contributed by atoms with Crippen molar-refractivity contribution in [3.63, 3.8) is 0 Å². The molecule has 2 unspecified atom stereocenters. The Morgan fingerprint density at radius 3 is 2.03 bits per heavy atom. The van der Waals surface area contributed by atoms with Crippen molar-refractivity contribution in [1.29, 1.82) is 0 Å². The summed E-state index contributed by atoms with van der Waals surface area (Å²) in [5, 5.41) is 0. The molecule has 0 amide bonds. The molecule has 15 heteroatoms. The number of rotatable bonds is 5. The van der Waals surface area contributed by atoms with Gasteiger partial charge in [-0.15, -0.1) is 0 Å². The molecule has 0 heterocycles. The lowest BCUT2D eigenvalue weighted by Crippen LogP contribution is -2.58. The summed E-state index contributed by atoms with van der Waals surface area (Å²) in [7, 11) is -5.65. The molecule has 0 aromatic heterocycles. The smallest absolute Gasteiger partial charge is 0.339 e. The van der Waals surface area contributed by atoms with Crippen LogP contribution in [0.15, 0.2) is 17.0 Å². The lowest BCUT2D eigenvalue weighted by molar-refractivity contribution is -0.176. The maximum Gasteiger partial charge on any atom is 0.339 e. The Hall–Kier alpha value is -0.800. The average molecular weight is 906 g/mol. The topological polar surface area (TPSA) is 107 Å². The first-order valence-electron chi connectivity index (χ1n) is 11.5. The van der Waals surface area contributed by atoms with Crippen molar-refractivity contribution in [2.75, 3.05) is 0 Å². The highest BCUT2D eigenvalue weighted by Gasteiger charge is 2.59. The van der Waals surface area contributed by atoms with Gasteiger partial charge in [0.1, 0.15) is 5.60 Å². The fourth-order valence-electron chi connectivity index (χ4n) is 6.49. The predicted octanol–water partition coefficient (Wildman–Crippen LogP) is 6.26. The third-order valence-electron chi connectivity index (χ3n) is 7.65. The lowest BCUT2D eigenvalue weighted by atomic mass is 9.50. The normalized spacial score (nSPS) is 27.5. The molecule has 7 nitrogen and oxygen atoms in total. The number of ether oxygens (including phenoxy) is 2. The van der Waals surface area contributed by atoms with Gasteiger partial charge in [0.25, 0.3) is 0 Å². The van der Waals surface area contributed by atoms with Gasteiger partial charge in [0.2, 0.25) is 17.4 Å². The van der Waals surface area contributed by atoms with Gasteiger partial charge in [0, 0.05) is 10.7 Å². The van der Waals surface area contributed by atoms with Crippen LogP contribution < -0.4 is 4.74 Å². The van der Waals surface area contributed by atoms with Gasteiger partial charge in [0.15, 0.2) is 16.5 Å². The highest BCUT2D eigenvalue weighted by molar-refractivity contribution is 14.1. The number of benzene rings is 2. The van der Waals surface area contributed by atoms with Gasteiger partial charge in [0.05, 0.1) is 11.5 Å². The molecule has 210 valence electrons. The largest absolute Gasteiger partial charge is 0.455 e. The molecule has 1 N–H and O–H groups in total. The van der Waals surface area contributed by atoms with Crippen LogP contribution in [0.4, 0.5) is 17.6 Å². The van der Waals surface area contributed by atoms with Gasteiger partial charge in [-0.25, -0.2) is 13.6 Å². The van der Waals surface area contributed by atoms with Crippen molar-refractivity contribution in [1.82, 2.24) is 0 Å². The van der Waals surface area contributed by atoms with Gasteiger partial charge in [-0.3, -0.25) is 9.35 Å². The fraction of sp³-hybridized carbons (Fsp3) is 0.417. The third-order valence-corrected chi connectivity index (χ3v) is 12.2. The van der Waals surface area contributed by atoms with E-state index in [0.29, 0.717) is 37.7 Å². The van der Waals surface area contributed by atoms with Crippen molar-refractivity contribution in [2.45, 2.75) is 42.6 Å². The summed E-state index contributed by atoms with van der Waals surface area (Å²) < 4.78 is 102. The molecule has 0 saturated heterocycles. The average Bonchev–Trinajstić information content (AvgIpc) is 2.81. The van der Waals surface area contributed by atoms with E-state index in [-0.39, 0.29) is 17.8 Å².